The maximum absolute atomic E-state index is 12.2. The molecule has 1 atom stereocenters. The number of nitrogens with zero attached hydrogens (tertiary/aromatic N) is 2. The van der Waals surface area contributed by atoms with E-state index in [2.05, 4.69) is 25.8 Å². The van der Waals surface area contributed by atoms with Crippen molar-refractivity contribution >= 4 is 17.6 Å². The molecule has 0 bridgehead atoms. The average Bonchev–Trinajstić information content (AvgIpc) is 3.43. The summed E-state index contributed by atoms with van der Waals surface area (Å²) >= 11 is 0. The van der Waals surface area contributed by atoms with E-state index in [-0.39, 0.29) is 24.2 Å². The number of amides is 1. The quantitative estimate of drug-likeness (QED) is 0.309. The number of phenols is 1. The first-order valence-corrected chi connectivity index (χ1v) is 10.0. The second-order valence-corrected chi connectivity index (χ2v) is 6.95. The van der Waals surface area contributed by atoms with Crippen LogP contribution in [-0.2, 0) is 4.79 Å². The van der Waals surface area contributed by atoms with Gasteiger partial charge in [0.2, 0.25) is 5.91 Å². The van der Waals surface area contributed by atoms with Gasteiger partial charge in [-0.3, -0.25) is 9.69 Å². The fourth-order valence-corrected chi connectivity index (χ4v) is 3.38. The molecule has 8 nitrogen and oxygen atoms in total. The van der Waals surface area contributed by atoms with E-state index >= 15 is 0 Å². The van der Waals surface area contributed by atoms with Crippen molar-refractivity contribution < 1.29 is 14.3 Å². The van der Waals surface area contributed by atoms with Gasteiger partial charge in [0, 0.05) is 18.8 Å². The van der Waals surface area contributed by atoms with Crippen LogP contribution in [0.4, 0.5) is 5.69 Å². The second-order valence-electron chi connectivity index (χ2n) is 6.95. The van der Waals surface area contributed by atoms with Crippen molar-refractivity contribution in [3.63, 3.8) is 0 Å². The maximum atomic E-state index is 12.2. The number of rotatable bonds is 8. The van der Waals surface area contributed by atoms with Crippen molar-refractivity contribution in [3.05, 3.63) is 48.4 Å². The lowest BCUT2D eigenvalue weighted by atomic mass is 10.2. The van der Waals surface area contributed by atoms with Crippen molar-refractivity contribution in [2.45, 2.75) is 25.8 Å². The Bertz CT molecular complexity index is 783. The summed E-state index contributed by atoms with van der Waals surface area (Å²) < 4.78 is 5.65. The minimum absolute atomic E-state index is 0.00859. The molecule has 8 heteroatoms. The Hall–Kier alpha value is -3.00. The second kappa shape index (κ2) is 10.5. The molecule has 0 radical (unpaired) electrons. The molecule has 1 aliphatic heterocycles. The van der Waals surface area contributed by atoms with Crippen molar-refractivity contribution in [1.29, 1.82) is 0 Å². The van der Waals surface area contributed by atoms with Crippen LogP contribution in [0.15, 0.2) is 52.1 Å². The average molecular weight is 399 g/mol. The zero-order chi connectivity index (χ0) is 20.5. The third-order valence-electron chi connectivity index (χ3n) is 4.79. The van der Waals surface area contributed by atoms with E-state index in [4.69, 9.17) is 4.42 Å². The standard InChI is InChI=1S/C21H29N5O3/c1-2-22-21(24-15-20(28)25-16-7-9-17(27)10-8-16)23-14-18(19-6-5-13-29-19)26-11-3-4-12-26/h5-10,13,18,27H,2-4,11-12,14-15H2,1H3,(H,25,28)(H2,22,23,24). The molecule has 1 aliphatic rings. The minimum Gasteiger partial charge on any atom is -0.508 e. The molecule has 1 fully saturated rings. The number of phenolic OH excluding ortho intramolecular Hbond substituents is 1. The number of nitrogens with one attached hydrogen (secondary N) is 3. The van der Waals surface area contributed by atoms with E-state index in [0.717, 1.165) is 18.8 Å². The lowest BCUT2D eigenvalue weighted by molar-refractivity contribution is -0.114. The first-order valence-electron chi connectivity index (χ1n) is 10.0. The number of aliphatic imine (C=N–C) groups is 1. The number of hydrogen-bond donors (Lipinski definition) is 4. The van der Waals surface area contributed by atoms with Gasteiger partial charge in [-0.25, -0.2) is 4.99 Å². The lowest BCUT2D eigenvalue weighted by Gasteiger charge is -2.26. The Morgan fingerprint density at radius 2 is 1.97 bits per heavy atom. The van der Waals surface area contributed by atoms with Gasteiger partial charge in [-0.15, -0.1) is 0 Å². The van der Waals surface area contributed by atoms with Gasteiger partial charge in [0.15, 0.2) is 5.96 Å². The van der Waals surface area contributed by atoms with Crippen molar-refractivity contribution in [2.75, 3.05) is 38.0 Å². The van der Waals surface area contributed by atoms with E-state index < -0.39 is 0 Å². The number of aromatic hydroxyl groups is 1. The fraction of sp³-hybridized carbons (Fsp3) is 0.429. The molecule has 4 N–H and O–H groups in total. The van der Waals surface area contributed by atoms with Gasteiger partial charge in [-0.1, -0.05) is 0 Å². The van der Waals surface area contributed by atoms with Gasteiger partial charge in [0.1, 0.15) is 18.1 Å². The van der Waals surface area contributed by atoms with Gasteiger partial charge < -0.3 is 25.5 Å². The van der Waals surface area contributed by atoms with Crippen LogP contribution in [0.1, 0.15) is 31.6 Å². The predicted molar refractivity (Wildman–Crippen MR) is 113 cm³/mol. The van der Waals surface area contributed by atoms with Gasteiger partial charge in [0.25, 0.3) is 0 Å². The molecule has 1 aromatic heterocycles. The molecule has 3 rings (SSSR count). The number of likely N-dealkylation sites (tertiary alicyclic amines) is 1. The molecule has 0 aliphatic carbocycles. The number of guanidine groups is 1. The van der Waals surface area contributed by atoms with Crippen LogP contribution in [0.2, 0.25) is 0 Å². The van der Waals surface area contributed by atoms with Crippen LogP contribution >= 0.6 is 0 Å². The minimum atomic E-state index is -0.227. The molecule has 1 aromatic carbocycles. The van der Waals surface area contributed by atoms with Crippen LogP contribution in [-0.4, -0.2) is 54.6 Å². The highest BCUT2D eigenvalue weighted by atomic mass is 16.3. The number of hydrogen-bond acceptors (Lipinski definition) is 5. The van der Waals surface area contributed by atoms with Crippen LogP contribution < -0.4 is 16.0 Å². The molecule has 1 unspecified atom stereocenters. The zero-order valence-corrected chi connectivity index (χ0v) is 16.7. The normalized spacial score (nSPS) is 15.8. The summed E-state index contributed by atoms with van der Waals surface area (Å²) in [5.74, 6) is 1.45. The predicted octanol–water partition coefficient (Wildman–Crippen LogP) is 2.32. The van der Waals surface area contributed by atoms with Gasteiger partial charge in [-0.2, -0.15) is 0 Å². The number of anilines is 1. The van der Waals surface area contributed by atoms with Crippen molar-refractivity contribution in [1.82, 2.24) is 15.5 Å². The number of furan rings is 1. The molecule has 1 amide bonds. The highest BCUT2D eigenvalue weighted by Gasteiger charge is 2.25. The van der Waals surface area contributed by atoms with E-state index in [0.29, 0.717) is 24.7 Å². The Kier molecular flexibility index (Phi) is 7.52. The molecule has 1 saturated heterocycles. The smallest absolute Gasteiger partial charge is 0.246 e. The summed E-state index contributed by atoms with van der Waals surface area (Å²) in [7, 11) is 0. The molecular formula is C21H29N5O3. The van der Waals surface area contributed by atoms with Crippen molar-refractivity contribution in [2.24, 2.45) is 4.99 Å². The van der Waals surface area contributed by atoms with Crippen LogP contribution in [0.5, 0.6) is 5.75 Å². The molecule has 29 heavy (non-hydrogen) atoms. The van der Waals surface area contributed by atoms with E-state index in [1.54, 1.807) is 18.4 Å². The first-order chi connectivity index (χ1) is 14.2. The third-order valence-corrected chi connectivity index (χ3v) is 4.79. The van der Waals surface area contributed by atoms with Gasteiger partial charge >= 0.3 is 0 Å². The summed E-state index contributed by atoms with van der Waals surface area (Å²) in [6.45, 7) is 5.41. The van der Waals surface area contributed by atoms with Gasteiger partial charge in [0.05, 0.1) is 12.3 Å². The van der Waals surface area contributed by atoms with E-state index in [1.807, 2.05) is 19.1 Å². The number of carbonyl (C=O) groups excluding carboxylic acids is 1. The summed E-state index contributed by atoms with van der Waals surface area (Å²) in [4.78, 5) is 19.0. The van der Waals surface area contributed by atoms with Crippen LogP contribution in [0.3, 0.4) is 0 Å². The SMILES string of the molecule is CCNC(=NCC(=O)Nc1ccc(O)cc1)NCC(c1ccco1)N1CCCC1. The Morgan fingerprint density at radius 3 is 2.62 bits per heavy atom. The van der Waals surface area contributed by atoms with Crippen LogP contribution in [0.25, 0.3) is 0 Å². The molecule has 2 aromatic rings. The van der Waals surface area contributed by atoms with Crippen molar-refractivity contribution in [3.8, 4) is 5.75 Å². The Labute approximate surface area is 171 Å². The first kappa shape index (κ1) is 20.7. The number of carbonyl (C=O) groups is 1. The molecule has 0 saturated carbocycles. The summed E-state index contributed by atoms with van der Waals surface area (Å²) in [6.07, 6.45) is 4.09. The molecule has 156 valence electrons. The molecule has 0 spiro atoms. The monoisotopic (exact) mass is 399 g/mol. The fourth-order valence-electron chi connectivity index (χ4n) is 3.38. The third kappa shape index (κ3) is 6.25. The summed E-state index contributed by atoms with van der Waals surface area (Å²) in [5.41, 5.74) is 0.618. The molecule has 2 heterocycles. The Balaban J connectivity index is 1.57. The maximum Gasteiger partial charge on any atom is 0.246 e. The van der Waals surface area contributed by atoms with Gasteiger partial charge in [-0.05, 0) is 69.3 Å². The lowest BCUT2D eigenvalue weighted by Crippen LogP contribution is -2.43. The number of benzene rings is 1. The highest BCUT2D eigenvalue weighted by molar-refractivity contribution is 5.94. The van der Waals surface area contributed by atoms with Crippen LogP contribution in [0, 0.1) is 0 Å². The zero-order valence-electron chi connectivity index (χ0n) is 16.7. The summed E-state index contributed by atoms with van der Waals surface area (Å²) in [6, 6.07) is 10.4. The van der Waals surface area contributed by atoms with E-state index in [9.17, 15) is 9.90 Å². The van der Waals surface area contributed by atoms with E-state index in [1.165, 1.54) is 25.0 Å². The topological polar surface area (TPSA) is 102 Å². The molecular weight excluding hydrogens is 370 g/mol. The largest absolute Gasteiger partial charge is 0.508 e. The summed E-state index contributed by atoms with van der Waals surface area (Å²) in [5, 5.41) is 18.6. The Morgan fingerprint density at radius 1 is 1.21 bits per heavy atom. The highest BCUT2D eigenvalue weighted by Crippen LogP contribution is 2.24.